The topological polar surface area (TPSA) is 38.7 Å². The predicted molar refractivity (Wildman–Crippen MR) is 120 cm³/mol. The van der Waals surface area contributed by atoms with Gasteiger partial charge in [-0.05, 0) is 58.7 Å². The van der Waals surface area contributed by atoms with E-state index >= 15 is 0 Å². The smallest absolute Gasteiger partial charge is 0.0428 e. The maximum Gasteiger partial charge on any atom is 0.0428 e. The van der Waals surface area contributed by atoms with Gasteiger partial charge in [0.25, 0.3) is 0 Å². The zero-order chi connectivity index (χ0) is 21.0. The number of rotatable bonds is 2. The van der Waals surface area contributed by atoms with Gasteiger partial charge in [-0.15, -0.1) is 0 Å². The molecule has 0 aliphatic heterocycles. The summed E-state index contributed by atoms with van der Waals surface area (Å²) in [5.74, 6) is 1.17. The number of hydrogen-bond acceptors (Lipinski definition) is 3. The molecule has 0 spiro atoms. The van der Waals surface area contributed by atoms with Crippen LogP contribution in [0.4, 0.5) is 0 Å². The van der Waals surface area contributed by atoms with Crippen LogP contribution in [-0.2, 0) is 5.41 Å². The molecule has 0 aliphatic rings. The van der Waals surface area contributed by atoms with Gasteiger partial charge in [-0.3, -0.25) is 15.0 Å². The molecule has 3 heterocycles. The second kappa shape index (κ2) is 12.0. The average Bonchev–Trinajstić information content (AvgIpc) is 2.70. The molecular weight excluding hydrogens is 342 g/mol. The van der Waals surface area contributed by atoms with E-state index in [0.717, 1.165) is 5.69 Å². The first kappa shape index (κ1) is 23.5. The number of aromatic nitrogens is 3. The van der Waals surface area contributed by atoms with E-state index in [1.54, 1.807) is 6.20 Å². The van der Waals surface area contributed by atoms with Crippen LogP contribution in [0.3, 0.4) is 0 Å². The van der Waals surface area contributed by atoms with Gasteiger partial charge >= 0.3 is 0 Å². The van der Waals surface area contributed by atoms with E-state index in [0.29, 0.717) is 11.8 Å². The summed E-state index contributed by atoms with van der Waals surface area (Å²) in [4.78, 5) is 12.2. The third kappa shape index (κ3) is 9.40. The highest BCUT2D eigenvalue weighted by Gasteiger charge is 2.12. The molecule has 0 amide bonds. The monoisotopic (exact) mass is 377 g/mol. The Kier molecular flexibility index (Phi) is 10.1. The molecule has 0 N–H and O–H groups in total. The summed E-state index contributed by atoms with van der Waals surface area (Å²) in [6.07, 6.45) is 9.20. The molecular formula is C25H35N3. The second-order valence-corrected chi connectivity index (χ2v) is 8.34. The van der Waals surface area contributed by atoms with Crippen LogP contribution in [0.25, 0.3) is 0 Å². The summed E-state index contributed by atoms with van der Waals surface area (Å²) in [6.45, 7) is 15.2. The maximum atomic E-state index is 4.18. The van der Waals surface area contributed by atoms with E-state index in [1.807, 2.05) is 61.2 Å². The first-order valence-corrected chi connectivity index (χ1v) is 9.93. The van der Waals surface area contributed by atoms with Crippen molar-refractivity contribution >= 4 is 0 Å². The summed E-state index contributed by atoms with van der Waals surface area (Å²) in [6, 6.07) is 14.2. The fraction of sp³-hybridized carbons (Fsp3) is 0.400. The molecule has 28 heavy (non-hydrogen) atoms. The van der Waals surface area contributed by atoms with Crippen molar-refractivity contribution in [3.05, 3.63) is 90.3 Å². The zero-order valence-corrected chi connectivity index (χ0v) is 18.4. The van der Waals surface area contributed by atoms with Crippen LogP contribution in [0.15, 0.2) is 73.4 Å². The van der Waals surface area contributed by atoms with Crippen LogP contribution in [0, 0.1) is 0 Å². The number of nitrogens with zero attached hydrogens (tertiary/aromatic N) is 3. The van der Waals surface area contributed by atoms with Crippen molar-refractivity contribution in [1.29, 1.82) is 0 Å². The van der Waals surface area contributed by atoms with Crippen LogP contribution in [-0.4, -0.2) is 15.0 Å². The molecule has 0 aromatic carbocycles. The van der Waals surface area contributed by atoms with Gasteiger partial charge in [0.15, 0.2) is 0 Å². The van der Waals surface area contributed by atoms with Crippen molar-refractivity contribution < 1.29 is 0 Å². The molecule has 3 nitrogen and oxygen atoms in total. The summed E-state index contributed by atoms with van der Waals surface area (Å²) < 4.78 is 0. The Bertz CT molecular complexity index is 703. The van der Waals surface area contributed by atoms with Gasteiger partial charge < -0.3 is 0 Å². The SMILES string of the molecule is CC(C)(C)c1cccnc1.CC(C)c1ccccn1.CC(C)c1ccncc1. The van der Waals surface area contributed by atoms with E-state index in [2.05, 4.69) is 69.5 Å². The molecule has 0 atom stereocenters. The Morgan fingerprint density at radius 3 is 1.68 bits per heavy atom. The highest BCUT2D eigenvalue weighted by atomic mass is 14.7. The Hall–Kier alpha value is -2.55. The fourth-order valence-electron chi connectivity index (χ4n) is 2.27. The summed E-state index contributed by atoms with van der Waals surface area (Å²) in [7, 11) is 0. The fourth-order valence-corrected chi connectivity index (χ4v) is 2.27. The molecule has 0 unspecified atom stereocenters. The number of pyridine rings is 3. The lowest BCUT2D eigenvalue weighted by Gasteiger charge is -2.17. The van der Waals surface area contributed by atoms with E-state index in [1.165, 1.54) is 11.1 Å². The van der Waals surface area contributed by atoms with Crippen molar-refractivity contribution in [2.45, 2.75) is 65.7 Å². The minimum atomic E-state index is 0.230. The molecule has 3 heteroatoms. The molecule has 3 rings (SSSR count). The summed E-state index contributed by atoms with van der Waals surface area (Å²) >= 11 is 0. The first-order valence-electron chi connectivity index (χ1n) is 9.93. The lowest BCUT2D eigenvalue weighted by atomic mass is 9.88. The Balaban J connectivity index is 0.000000210. The Morgan fingerprint density at radius 2 is 1.36 bits per heavy atom. The molecule has 0 bridgehead atoms. The Labute approximate surface area is 171 Å². The van der Waals surface area contributed by atoms with Crippen LogP contribution < -0.4 is 0 Å². The lowest BCUT2D eigenvalue weighted by Crippen LogP contribution is -2.10. The summed E-state index contributed by atoms with van der Waals surface area (Å²) in [5.41, 5.74) is 4.03. The van der Waals surface area contributed by atoms with Gasteiger partial charge in [-0.1, -0.05) is 60.6 Å². The quantitative estimate of drug-likeness (QED) is 0.493. The van der Waals surface area contributed by atoms with E-state index in [9.17, 15) is 0 Å². The van der Waals surface area contributed by atoms with E-state index in [-0.39, 0.29) is 5.41 Å². The van der Waals surface area contributed by atoms with Crippen LogP contribution >= 0.6 is 0 Å². The third-order valence-corrected chi connectivity index (χ3v) is 4.18. The van der Waals surface area contributed by atoms with Gasteiger partial charge in [0.2, 0.25) is 0 Å². The molecule has 150 valence electrons. The lowest BCUT2D eigenvalue weighted by molar-refractivity contribution is 0.587. The zero-order valence-electron chi connectivity index (χ0n) is 18.4. The van der Waals surface area contributed by atoms with Crippen LogP contribution in [0.1, 0.15) is 77.1 Å². The normalized spacial score (nSPS) is 10.6. The molecule has 0 saturated heterocycles. The van der Waals surface area contributed by atoms with Gasteiger partial charge in [0.1, 0.15) is 0 Å². The predicted octanol–water partition coefficient (Wildman–Crippen LogP) is 6.79. The van der Waals surface area contributed by atoms with Gasteiger partial charge in [0.05, 0.1) is 0 Å². The van der Waals surface area contributed by atoms with Crippen LogP contribution in [0.2, 0.25) is 0 Å². The van der Waals surface area contributed by atoms with Gasteiger partial charge in [-0.2, -0.15) is 0 Å². The standard InChI is InChI=1S/C9H13N.2C8H11N/c1-9(2,3)8-5-4-6-10-7-8;1-7(2)8-3-5-9-6-4-8;1-7(2)8-5-3-4-6-9-8/h4-7H,1-3H3;2*3-7H,1-2H3. The highest BCUT2D eigenvalue weighted by molar-refractivity contribution is 5.17. The average molecular weight is 378 g/mol. The van der Waals surface area contributed by atoms with Crippen molar-refractivity contribution in [2.24, 2.45) is 0 Å². The minimum Gasteiger partial charge on any atom is -0.265 e. The molecule has 0 aliphatic carbocycles. The Morgan fingerprint density at radius 1 is 0.679 bits per heavy atom. The molecule has 0 fully saturated rings. The first-order chi connectivity index (χ1) is 13.2. The van der Waals surface area contributed by atoms with E-state index in [4.69, 9.17) is 0 Å². The van der Waals surface area contributed by atoms with Crippen molar-refractivity contribution in [2.75, 3.05) is 0 Å². The highest BCUT2D eigenvalue weighted by Crippen LogP contribution is 2.19. The van der Waals surface area contributed by atoms with Crippen molar-refractivity contribution in [3.8, 4) is 0 Å². The molecule has 3 aromatic heterocycles. The number of hydrogen-bond donors (Lipinski definition) is 0. The maximum absolute atomic E-state index is 4.18. The van der Waals surface area contributed by atoms with E-state index < -0.39 is 0 Å². The summed E-state index contributed by atoms with van der Waals surface area (Å²) in [5, 5.41) is 0. The molecule has 3 aromatic rings. The third-order valence-electron chi connectivity index (χ3n) is 4.18. The van der Waals surface area contributed by atoms with Crippen molar-refractivity contribution in [3.63, 3.8) is 0 Å². The largest absolute Gasteiger partial charge is 0.265 e. The minimum absolute atomic E-state index is 0.230. The molecule has 0 saturated carbocycles. The molecule has 0 radical (unpaired) electrons. The van der Waals surface area contributed by atoms with Crippen LogP contribution in [0.5, 0.6) is 0 Å². The second-order valence-electron chi connectivity index (χ2n) is 8.34. The van der Waals surface area contributed by atoms with Gasteiger partial charge in [-0.25, -0.2) is 0 Å². The van der Waals surface area contributed by atoms with Gasteiger partial charge in [0, 0.05) is 36.7 Å². The van der Waals surface area contributed by atoms with Crippen molar-refractivity contribution in [1.82, 2.24) is 15.0 Å².